The molecule has 0 saturated carbocycles. The number of aliphatic hydroxyl groups is 1. The fourth-order valence-electron chi connectivity index (χ4n) is 1.33. The van der Waals surface area contributed by atoms with E-state index in [1.807, 2.05) is 0 Å². The monoisotopic (exact) mass is 264 g/mol. The predicted octanol–water partition coefficient (Wildman–Crippen LogP) is 0.372. The van der Waals surface area contributed by atoms with Gasteiger partial charge in [-0.2, -0.15) is 18.4 Å². The lowest BCUT2D eigenvalue weighted by molar-refractivity contribution is -0.145. The molecule has 0 unspecified atom stereocenters. The molecule has 0 aliphatic carbocycles. The lowest BCUT2D eigenvalue weighted by Gasteiger charge is -2.10. The van der Waals surface area contributed by atoms with Crippen LogP contribution in [0.5, 0.6) is 0 Å². The third-order valence-corrected chi connectivity index (χ3v) is 2.00. The number of nitrogens with zero attached hydrogens (tertiary/aromatic N) is 4. The molecule has 1 aromatic heterocycles. The van der Waals surface area contributed by atoms with Crippen LogP contribution in [-0.4, -0.2) is 39.9 Å². The number of nitriles is 1. The molecule has 0 aromatic carbocycles. The maximum atomic E-state index is 12.7. The Morgan fingerprint density at radius 1 is 1.39 bits per heavy atom. The Kier molecular flexibility index (Phi) is 5.06. The Balaban J connectivity index is 2.82. The Morgan fingerprint density at radius 2 is 2.11 bits per heavy atom. The van der Waals surface area contributed by atoms with Crippen molar-refractivity contribution in [3.05, 3.63) is 11.4 Å². The smallest absolute Gasteiger partial charge is 0.394 e. The van der Waals surface area contributed by atoms with Crippen molar-refractivity contribution in [3.8, 4) is 6.07 Å². The van der Waals surface area contributed by atoms with E-state index in [0.29, 0.717) is 4.68 Å². The molecule has 0 amide bonds. The van der Waals surface area contributed by atoms with Crippen molar-refractivity contribution in [3.63, 3.8) is 0 Å². The van der Waals surface area contributed by atoms with Crippen LogP contribution in [0.4, 0.5) is 13.2 Å². The number of rotatable bonds is 6. The second-order valence-corrected chi connectivity index (χ2v) is 3.28. The zero-order valence-electron chi connectivity index (χ0n) is 9.31. The normalized spacial score (nSPS) is 11.5. The van der Waals surface area contributed by atoms with Gasteiger partial charge in [0.05, 0.1) is 38.9 Å². The summed E-state index contributed by atoms with van der Waals surface area (Å²) in [5.41, 5.74) is -1.43. The van der Waals surface area contributed by atoms with Gasteiger partial charge >= 0.3 is 6.18 Å². The van der Waals surface area contributed by atoms with Crippen molar-refractivity contribution in [1.29, 1.82) is 5.26 Å². The van der Waals surface area contributed by atoms with E-state index in [1.54, 1.807) is 6.07 Å². The van der Waals surface area contributed by atoms with Gasteiger partial charge in [0.25, 0.3) is 0 Å². The maximum absolute atomic E-state index is 12.7. The summed E-state index contributed by atoms with van der Waals surface area (Å²) in [4.78, 5) is 0. The predicted molar refractivity (Wildman–Crippen MR) is 52.2 cm³/mol. The minimum Gasteiger partial charge on any atom is -0.394 e. The van der Waals surface area contributed by atoms with Crippen LogP contribution in [0.1, 0.15) is 11.4 Å². The van der Waals surface area contributed by atoms with Crippen molar-refractivity contribution in [2.45, 2.75) is 19.1 Å². The highest BCUT2D eigenvalue weighted by Crippen LogP contribution is 2.31. The molecule has 0 aliphatic rings. The van der Waals surface area contributed by atoms with Crippen molar-refractivity contribution in [2.75, 3.05) is 19.8 Å². The average Bonchev–Trinajstić information content (AvgIpc) is 2.68. The summed E-state index contributed by atoms with van der Waals surface area (Å²) in [6, 6.07) is 1.61. The molecule has 1 rings (SSSR count). The van der Waals surface area contributed by atoms with Crippen LogP contribution in [0, 0.1) is 11.3 Å². The molecule has 0 atom stereocenters. The number of hydrogen-bond acceptors (Lipinski definition) is 5. The van der Waals surface area contributed by atoms with Gasteiger partial charge in [-0.15, -0.1) is 5.10 Å². The molecule has 0 radical (unpaired) electrons. The highest BCUT2D eigenvalue weighted by Gasteiger charge is 2.39. The number of aromatic nitrogens is 3. The number of alkyl halides is 3. The molecule has 0 saturated heterocycles. The minimum absolute atomic E-state index is 0.0288. The van der Waals surface area contributed by atoms with Gasteiger partial charge in [-0.1, -0.05) is 5.21 Å². The second kappa shape index (κ2) is 6.32. The molecular formula is C9H11F3N4O2. The van der Waals surface area contributed by atoms with Gasteiger partial charge in [0.15, 0.2) is 5.69 Å². The van der Waals surface area contributed by atoms with Gasteiger partial charge in [-0.3, -0.25) is 0 Å². The van der Waals surface area contributed by atoms with Gasteiger partial charge in [-0.25, -0.2) is 4.68 Å². The van der Waals surface area contributed by atoms with Crippen LogP contribution < -0.4 is 0 Å². The first-order chi connectivity index (χ1) is 8.50. The Hall–Kier alpha value is -1.66. The molecule has 0 bridgehead atoms. The Labute approximate surface area is 101 Å². The van der Waals surface area contributed by atoms with Gasteiger partial charge in [-0.05, 0) is 0 Å². The van der Waals surface area contributed by atoms with Gasteiger partial charge in [0.1, 0.15) is 5.69 Å². The van der Waals surface area contributed by atoms with E-state index < -0.39 is 24.0 Å². The quantitative estimate of drug-likeness (QED) is 0.750. The summed E-state index contributed by atoms with van der Waals surface area (Å²) in [6.07, 6.45) is -5.07. The molecule has 6 nitrogen and oxygen atoms in total. The number of ether oxygens (including phenoxy) is 1. The molecule has 0 fully saturated rings. The van der Waals surface area contributed by atoms with Crippen LogP contribution in [0.25, 0.3) is 0 Å². The van der Waals surface area contributed by atoms with Crippen LogP contribution in [0.15, 0.2) is 0 Å². The highest BCUT2D eigenvalue weighted by atomic mass is 19.4. The standard InChI is InChI=1S/C9H11F3N4O2/c10-9(11,12)8-7(1-2-13)14-15-16(8)3-5-18-6-4-17/h17H,1,3-6H2. The molecular weight excluding hydrogens is 253 g/mol. The molecule has 1 N–H and O–H groups in total. The molecule has 0 aliphatic heterocycles. The van der Waals surface area contributed by atoms with Crippen molar-refractivity contribution >= 4 is 0 Å². The summed E-state index contributed by atoms with van der Waals surface area (Å²) in [6.45, 7) is -0.337. The first-order valence-electron chi connectivity index (χ1n) is 5.05. The third-order valence-electron chi connectivity index (χ3n) is 2.00. The van der Waals surface area contributed by atoms with E-state index in [0.717, 1.165) is 0 Å². The van der Waals surface area contributed by atoms with E-state index in [4.69, 9.17) is 15.1 Å². The summed E-state index contributed by atoms with van der Waals surface area (Å²) in [5.74, 6) is 0. The average molecular weight is 264 g/mol. The summed E-state index contributed by atoms with van der Waals surface area (Å²) in [7, 11) is 0. The van der Waals surface area contributed by atoms with Crippen LogP contribution in [0.3, 0.4) is 0 Å². The topological polar surface area (TPSA) is 84.0 Å². The van der Waals surface area contributed by atoms with Crippen molar-refractivity contribution < 1.29 is 23.0 Å². The second-order valence-electron chi connectivity index (χ2n) is 3.28. The number of aliphatic hydroxyl groups excluding tert-OH is 1. The summed E-state index contributed by atoms with van der Waals surface area (Å²) in [5, 5.41) is 23.6. The lowest BCUT2D eigenvalue weighted by atomic mass is 10.2. The SMILES string of the molecule is N#CCc1nnn(CCOCCO)c1C(F)(F)F. The van der Waals surface area contributed by atoms with E-state index in [1.165, 1.54) is 0 Å². The fraction of sp³-hybridized carbons (Fsp3) is 0.667. The van der Waals surface area contributed by atoms with E-state index in [9.17, 15) is 13.2 Å². The Bertz CT molecular complexity index is 424. The van der Waals surface area contributed by atoms with Crippen molar-refractivity contribution in [1.82, 2.24) is 15.0 Å². The molecule has 1 heterocycles. The van der Waals surface area contributed by atoms with Gasteiger partial charge in [0.2, 0.25) is 0 Å². The fourth-order valence-corrected chi connectivity index (χ4v) is 1.33. The molecule has 100 valence electrons. The minimum atomic E-state index is -4.62. The first-order valence-corrected chi connectivity index (χ1v) is 5.05. The summed E-state index contributed by atoms with van der Waals surface area (Å²) < 4.78 is 43.8. The number of halogens is 3. The lowest BCUT2D eigenvalue weighted by Crippen LogP contribution is -2.19. The first kappa shape index (κ1) is 14.4. The molecule has 18 heavy (non-hydrogen) atoms. The zero-order chi connectivity index (χ0) is 13.6. The third kappa shape index (κ3) is 3.68. The van der Waals surface area contributed by atoms with Gasteiger partial charge in [0, 0.05) is 0 Å². The largest absolute Gasteiger partial charge is 0.434 e. The number of hydrogen-bond donors (Lipinski definition) is 1. The van der Waals surface area contributed by atoms with Crippen molar-refractivity contribution in [2.24, 2.45) is 0 Å². The van der Waals surface area contributed by atoms with E-state index in [-0.39, 0.29) is 26.4 Å². The van der Waals surface area contributed by atoms with Crippen LogP contribution in [-0.2, 0) is 23.9 Å². The zero-order valence-corrected chi connectivity index (χ0v) is 9.31. The molecule has 1 aromatic rings. The van der Waals surface area contributed by atoms with Crippen LogP contribution >= 0.6 is 0 Å². The molecule has 0 spiro atoms. The van der Waals surface area contributed by atoms with Gasteiger partial charge < -0.3 is 9.84 Å². The van der Waals surface area contributed by atoms with E-state index >= 15 is 0 Å². The molecule has 9 heteroatoms. The highest BCUT2D eigenvalue weighted by molar-refractivity contribution is 5.17. The van der Waals surface area contributed by atoms with Crippen LogP contribution in [0.2, 0.25) is 0 Å². The Morgan fingerprint density at radius 3 is 2.67 bits per heavy atom. The van der Waals surface area contributed by atoms with E-state index in [2.05, 4.69) is 10.3 Å². The maximum Gasteiger partial charge on any atom is 0.434 e. The summed E-state index contributed by atoms with van der Waals surface area (Å²) >= 11 is 0.